The highest BCUT2D eigenvalue weighted by Gasteiger charge is 2.23. The molecule has 0 aliphatic heterocycles. The van der Waals surface area contributed by atoms with E-state index in [-0.39, 0.29) is 18.7 Å². The van der Waals surface area contributed by atoms with Crippen molar-refractivity contribution in [2.75, 3.05) is 0 Å². The van der Waals surface area contributed by atoms with Crippen LogP contribution in [0.3, 0.4) is 0 Å². The number of halogens is 2. The number of pyridine rings is 1. The van der Waals surface area contributed by atoms with Gasteiger partial charge in [0.15, 0.2) is 11.6 Å². The van der Waals surface area contributed by atoms with E-state index in [9.17, 15) is 18.4 Å². The highest BCUT2D eigenvalue weighted by Crippen LogP contribution is 2.16. The number of aromatic nitrogens is 3. The highest BCUT2D eigenvalue weighted by molar-refractivity contribution is 6.00. The molecule has 0 aliphatic rings. The summed E-state index contributed by atoms with van der Waals surface area (Å²) in [5.41, 5.74) is 2.96. The third-order valence-corrected chi connectivity index (χ3v) is 5.74. The molecule has 0 bridgehead atoms. The van der Waals surface area contributed by atoms with E-state index >= 15 is 0 Å². The van der Waals surface area contributed by atoms with Gasteiger partial charge in [-0.3, -0.25) is 9.59 Å². The van der Waals surface area contributed by atoms with Gasteiger partial charge < -0.3 is 20.6 Å². The smallest absolute Gasteiger partial charge is 0.268 e. The molecule has 1 atom stereocenters. The molecule has 3 heterocycles. The van der Waals surface area contributed by atoms with E-state index in [1.54, 1.807) is 18.5 Å². The maximum absolute atomic E-state index is 13.8. The van der Waals surface area contributed by atoms with E-state index in [0.29, 0.717) is 5.56 Å². The van der Waals surface area contributed by atoms with Gasteiger partial charge in [0.25, 0.3) is 5.91 Å². The molecule has 2 amide bonds. The first-order valence-corrected chi connectivity index (χ1v) is 11.0. The summed E-state index contributed by atoms with van der Waals surface area (Å²) < 4.78 is 27.2. The van der Waals surface area contributed by atoms with Gasteiger partial charge in [-0.25, -0.2) is 13.8 Å². The number of fused-ring (bicyclic) bond motifs is 2. The number of nitrogens with zero attached hydrogens (tertiary/aromatic N) is 1. The van der Waals surface area contributed by atoms with E-state index in [1.165, 1.54) is 6.07 Å². The number of rotatable bonds is 7. The van der Waals surface area contributed by atoms with Gasteiger partial charge in [0.05, 0.1) is 0 Å². The standard InChI is InChI=1S/C26H21F2N5O2/c27-19-6-5-15(10-20(19)28)11-22(33-26(35)23-12-17-3-1-2-4-21(17)32-23)25(34)31-14-16-9-18-7-8-29-24(18)30-13-16/h1-10,12-13,22,32H,11,14H2,(H,29,30)(H,31,34)(H,33,35)/t22-/m0/s1. The lowest BCUT2D eigenvalue weighted by Gasteiger charge is -2.18. The molecule has 4 N–H and O–H groups in total. The molecule has 0 aliphatic carbocycles. The predicted molar refractivity (Wildman–Crippen MR) is 128 cm³/mol. The van der Waals surface area contributed by atoms with Crippen molar-refractivity contribution < 1.29 is 18.4 Å². The largest absolute Gasteiger partial charge is 0.351 e. The summed E-state index contributed by atoms with van der Waals surface area (Å²) in [6, 6.07) is 15.2. The van der Waals surface area contributed by atoms with Gasteiger partial charge in [0, 0.05) is 41.6 Å². The minimum Gasteiger partial charge on any atom is -0.351 e. The first kappa shape index (κ1) is 22.3. The van der Waals surface area contributed by atoms with Crippen LogP contribution >= 0.6 is 0 Å². The Morgan fingerprint density at radius 1 is 0.943 bits per heavy atom. The summed E-state index contributed by atoms with van der Waals surface area (Å²) in [5, 5.41) is 7.28. The van der Waals surface area contributed by atoms with Crippen molar-refractivity contribution in [3.05, 3.63) is 102 Å². The number of carbonyl (C=O) groups is 2. The fraction of sp³-hybridized carbons (Fsp3) is 0.115. The first-order valence-electron chi connectivity index (χ1n) is 11.0. The van der Waals surface area contributed by atoms with Crippen LogP contribution in [0.4, 0.5) is 8.78 Å². The Bertz CT molecular complexity index is 1510. The molecule has 5 aromatic rings. The zero-order valence-electron chi connectivity index (χ0n) is 18.4. The Morgan fingerprint density at radius 2 is 1.80 bits per heavy atom. The summed E-state index contributed by atoms with van der Waals surface area (Å²) in [7, 11) is 0. The molecule has 176 valence electrons. The van der Waals surface area contributed by atoms with Crippen LogP contribution in [0.1, 0.15) is 21.6 Å². The topological polar surface area (TPSA) is 103 Å². The second-order valence-corrected chi connectivity index (χ2v) is 8.23. The third kappa shape index (κ3) is 4.89. The molecule has 7 nitrogen and oxygen atoms in total. The second kappa shape index (κ2) is 9.38. The molecule has 0 radical (unpaired) electrons. The van der Waals surface area contributed by atoms with E-state index < -0.39 is 29.5 Å². The van der Waals surface area contributed by atoms with Crippen LogP contribution in [-0.4, -0.2) is 32.8 Å². The lowest BCUT2D eigenvalue weighted by atomic mass is 10.0. The number of H-pyrrole nitrogens is 2. The van der Waals surface area contributed by atoms with Crippen LogP contribution < -0.4 is 10.6 Å². The number of hydrogen-bond acceptors (Lipinski definition) is 3. The van der Waals surface area contributed by atoms with Crippen molar-refractivity contribution in [2.24, 2.45) is 0 Å². The summed E-state index contributed by atoms with van der Waals surface area (Å²) >= 11 is 0. The van der Waals surface area contributed by atoms with Crippen molar-refractivity contribution >= 4 is 33.8 Å². The van der Waals surface area contributed by atoms with Gasteiger partial charge in [0.2, 0.25) is 5.91 Å². The summed E-state index contributed by atoms with van der Waals surface area (Å²) in [6.07, 6.45) is 3.40. The van der Waals surface area contributed by atoms with Crippen LogP contribution in [0.25, 0.3) is 21.9 Å². The Hall–Kier alpha value is -4.53. The van der Waals surface area contributed by atoms with Crippen LogP contribution in [0.15, 0.2) is 73.1 Å². The number of para-hydroxylation sites is 1. The molecule has 0 unspecified atom stereocenters. The fourth-order valence-corrected chi connectivity index (χ4v) is 3.94. The fourth-order valence-electron chi connectivity index (χ4n) is 3.94. The molecule has 2 aromatic carbocycles. The normalized spacial score (nSPS) is 12.1. The lowest BCUT2D eigenvalue weighted by molar-refractivity contribution is -0.123. The number of carbonyl (C=O) groups excluding carboxylic acids is 2. The zero-order chi connectivity index (χ0) is 24.4. The van der Waals surface area contributed by atoms with Crippen LogP contribution in [-0.2, 0) is 17.8 Å². The lowest BCUT2D eigenvalue weighted by Crippen LogP contribution is -2.48. The molecular weight excluding hydrogens is 452 g/mol. The Labute approximate surface area is 198 Å². The maximum atomic E-state index is 13.8. The molecule has 9 heteroatoms. The van der Waals surface area contributed by atoms with Gasteiger partial charge in [-0.15, -0.1) is 0 Å². The SMILES string of the molecule is O=C(N[C@@H](Cc1ccc(F)c(F)c1)C(=O)NCc1cnc2[nH]ccc2c1)c1cc2ccccc2[nH]1. The number of benzene rings is 2. The number of hydrogen-bond donors (Lipinski definition) is 4. The van der Waals surface area contributed by atoms with Crippen LogP contribution in [0, 0.1) is 11.6 Å². The van der Waals surface area contributed by atoms with Gasteiger partial charge >= 0.3 is 0 Å². The average Bonchev–Trinajstić information content (AvgIpc) is 3.51. The summed E-state index contributed by atoms with van der Waals surface area (Å²) in [5.74, 6) is -2.95. The Balaban J connectivity index is 1.35. The average molecular weight is 473 g/mol. The molecule has 0 fully saturated rings. The highest BCUT2D eigenvalue weighted by atomic mass is 19.2. The quantitative estimate of drug-likeness (QED) is 0.288. The minimum absolute atomic E-state index is 0.0237. The molecule has 3 aromatic heterocycles. The van der Waals surface area contributed by atoms with Crippen molar-refractivity contribution in [1.29, 1.82) is 0 Å². The molecule has 0 spiro atoms. The Morgan fingerprint density at radius 3 is 2.63 bits per heavy atom. The van der Waals surface area contributed by atoms with Gasteiger partial charge in [0.1, 0.15) is 17.4 Å². The van der Waals surface area contributed by atoms with E-state index in [4.69, 9.17) is 0 Å². The molecule has 35 heavy (non-hydrogen) atoms. The van der Waals surface area contributed by atoms with Gasteiger partial charge in [-0.05, 0) is 47.5 Å². The van der Waals surface area contributed by atoms with E-state index in [2.05, 4.69) is 25.6 Å². The third-order valence-electron chi connectivity index (χ3n) is 5.74. The summed E-state index contributed by atoms with van der Waals surface area (Å²) in [6.45, 7) is 0.184. The summed E-state index contributed by atoms with van der Waals surface area (Å²) in [4.78, 5) is 36.4. The van der Waals surface area contributed by atoms with E-state index in [0.717, 1.165) is 39.6 Å². The molecule has 0 saturated heterocycles. The van der Waals surface area contributed by atoms with Gasteiger partial charge in [-0.1, -0.05) is 24.3 Å². The van der Waals surface area contributed by atoms with Crippen LogP contribution in [0.2, 0.25) is 0 Å². The molecular formula is C26H21F2N5O2. The van der Waals surface area contributed by atoms with Crippen molar-refractivity contribution in [2.45, 2.75) is 19.0 Å². The van der Waals surface area contributed by atoms with Crippen LogP contribution in [0.5, 0.6) is 0 Å². The second-order valence-electron chi connectivity index (χ2n) is 8.23. The predicted octanol–water partition coefficient (Wildman–Crippen LogP) is 3.98. The maximum Gasteiger partial charge on any atom is 0.268 e. The molecule has 0 saturated carbocycles. The van der Waals surface area contributed by atoms with Crippen molar-refractivity contribution in [3.8, 4) is 0 Å². The number of nitrogens with one attached hydrogen (secondary N) is 4. The van der Waals surface area contributed by atoms with E-state index in [1.807, 2.05) is 36.4 Å². The minimum atomic E-state index is -1.03. The number of aromatic amines is 2. The first-order chi connectivity index (χ1) is 17.0. The molecule has 5 rings (SSSR count). The zero-order valence-corrected chi connectivity index (χ0v) is 18.4. The van der Waals surface area contributed by atoms with Crippen molar-refractivity contribution in [1.82, 2.24) is 25.6 Å². The monoisotopic (exact) mass is 473 g/mol. The number of amides is 2. The van der Waals surface area contributed by atoms with Crippen molar-refractivity contribution in [3.63, 3.8) is 0 Å². The van der Waals surface area contributed by atoms with Gasteiger partial charge in [-0.2, -0.15) is 0 Å². The Kier molecular flexibility index (Phi) is 5.97.